The van der Waals surface area contributed by atoms with Crippen molar-refractivity contribution in [3.8, 4) is 11.5 Å². The molecule has 1 N–H and O–H groups in total. The Hall–Kier alpha value is -1.91. The predicted octanol–water partition coefficient (Wildman–Crippen LogP) is 4.80. The highest BCUT2D eigenvalue weighted by atomic mass is 35.5. The Labute approximate surface area is 155 Å². The van der Waals surface area contributed by atoms with Gasteiger partial charge in [-0.05, 0) is 31.2 Å². The first-order valence-electron chi connectivity index (χ1n) is 7.26. The number of benzene rings is 2. The highest BCUT2D eigenvalue weighted by Gasteiger charge is 2.59. The number of ether oxygens (including phenoxy) is 1. The summed E-state index contributed by atoms with van der Waals surface area (Å²) in [4.78, 5) is -0.989. The van der Waals surface area contributed by atoms with Crippen LogP contribution in [-0.2, 0) is 16.0 Å². The zero-order valence-corrected chi connectivity index (χ0v) is 14.9. The molecule has 0 aliphatic carbocycles. The van der Waals surface area contributed by atoms with Crippen LogP contribution in [0.2, 0.25) is 5.02 Å². The third-order valence-corrected chi connectivity index (χ3v) is 6.52. The fraction of sp³-hybridized carbons (Fsp3) is 0.250. The summed E-state index contributed by atoms with van der Waals surface area (Å²) in [6, 6.07) is 4.04. The number of hydrogen-bond donors (Lipinski definition) is 1. The first-order chi connectivity index (χ1) is 12.3. The normalized spacial score (nSPS) is 23.9. The van der Waals surface area contributed by atoms with Gasteiger partial charge in [0.25, 0.3) is 0 Å². The minimum atomic E-state index is -5.20. The number of halogens is 6. The highest BCUT2D eigenvalue weighted by Crippen LogP contribution is 2.54. The molecule has 0 aromatic heterocycles. The predicted molar refractivity (Wildman–Crippen MR) is 84.6 cm³/mol. The summed E-state index contributed by atoms with van der Waals surface area (Å²) >= 11 is 5.63. The zero-order valence-electron chi connectivity index (χ0n) is 13.3. The SMILES string of the molecule is CC1(F)C(O)c2c(ccc(Oc3cc(F)cc(Cl)c3)c2C(F)(F)F)S1(=O)=O. The highest BCUT2D eigenvalue weighted by molar-refractivity contribution is 7.93. The second-order valence-corrected chi connectivity index (χ2v) is 8.63. The zero-order chi connectivity index (χ0) is 20.4. The van der Waals surface area contributed by atoms with Crippen molar-refractivity contribution < 1.29 is 40.2 Å². The van der Waals surface area contributed by atoms with Crippen molar-refractivity contribution >= 4 is 21.4 Å². The van der Waals surface area contributed by atoms with E-state index in [1.807, 2.05) is 0 Å². The lowest BCUT2D eigenvalue weighted by Gasteiger charge is -2.20. The molecule has 0 saturated heterocycles. The monoisotopic (exact) mass is 428 g/mol. The van der Waals surface area contributed by atoms with E-state index < -0.39 is 60.5 Å². The number of hydrogen-bond acceptors (Lipinski definition) is 4. The van der Waals surface area contributed by atoms with Gasteiger partial charge in [0.05, 0.1) is 4.90 Å². The Balaban J connectivity index is 2.26. The fourth-order valence-corrected chi connectivity index (χ4v) is 4.60. The number of aliphatic hydroxyl groups excluding tert-OH is 1. The summed E-state index contributed by atoms with van der Waals surface area (Å²) in [7, 11) is -4.87. The van der Waals surface area contributed by atoms with Crippen molar-refractivity contribution in [2.45, 2.75) is 29.1 Å². The van der Waals surface area contributed by atoms with E-state index in [0.717, 1.165) is 18.2 Å². The van der Waals surface area contributed by atoms with Gasteiger partial charge in [-0.25, -0.2) is 17.2 Å². The van der Waals surface area contributed by atoms with E-state index in [4.69, 9.17) is 16.3 Å². The van der Waals surface area contributed by atoms with Gasteiger partial charge in [0.2, 0.25) is 14.8 Å². The van der Waals surface area contributed by atoms with E-state index in [1.165, 1.54) is 0 Å². The molecule has 27 heavy (non-hydrogen) atoms. The number of rotatable bonds is 2. The molecular weight excluding hydrogens is 419 g/mol. The van der Waals surface area contributed by atoms with Crippen LogP contribution >= 0.6 is 11.6 Å². The van der Waals surface area contributed by atoms with Crippen molar-refractivity contribution in [3.05, 3.63) is 52.3 Å². The van der Waals surface area contributed by atoms with Crippen LogP contribution in [0.15, 0.2) is 35.2 Å². The quantitative estimate of drug-likeness (QED) is 0.698. The molecule has 0 spiro atoms. The number of alkyl halides is 4. The van der Waals surface area contributed by atoms with Crippen molar-refractivity contribution in [1.82, 2.24) is 0 Å². The molecular formula is C16H10ClF5O4S. The summed E-state index contributed by atoms with van der Waals surface area (Å²) in [5.74, 6) is -2.22. The van der Waals surface area contributed by atoms with Crippen LogP contribution in [0.4, 0.5) is 22.0 Å². The van der Waals surface area contributed by atoms with Crippen LogP contribution in [0.3, 0.4) is 0 Å². The molecule has 2 aromatic rings. The van der Waals surface area contributed by atoms with E-state index >= 15 is 0 Å². The molecule has 1 aliphatic rings. The van der Waals surface area contributed by atoms with Crippen LogP contribution in [0.1, 0.15) is 24.2 Å². The topological polar surface area (TPSA) is 63.6 Å². The molecule has 0 bridgehead atoms. The van der Waals surface area contributed by atoms with Crippen LogP contribution in [0, 0.1) is 5.82 Å². The van der Waals surface area contributed by atoms with Gasteiger partial charge >= 0.3 is 6.18 Å². The summed E-state index contributed by atoms with van der Waals surface area (Å²) in [5.41, 5.74) is -2.83. The van der Waals surface area contributed by atoms with Gasteiger partial charge in [0.1, 0.15) is 29.0 Å². The average Bonchev–Trinajstić information content (AvgIpc) is 2.63. The Kier molecular flexibility index (Phi) is 4.44. The third kappa shape index (κ3) is 3.05. The molecule has 11 heteroatoms. The van der Waals surface area contributed by atoms with Crippen LogP contribution in [0.25, 0.3) is 0 Å². The van der Waals surface area contributed by atoms with Gasteiger partial charge in [-0.15, -0.1) is 0 Å². The molecule has 0 amide bonds. The Morgan fingerprint density at radius 3 is 2.41 bits per heavy atom. The lowest BCUT2D eigenvalue weighted by Crippen LogP contribution is -2.30. The Bertz CT molecular complexity index is 1010. The number of aliphatic hydroxyl groups is 1. The van der Waals surface area contributed by atoms with Crippen LogP contribution in [0.5, 0.6) is 11.5 Å². The Morgan fingerprint density at radius 2 is 1.85 bits per heavy atom. The van der Waals surface area contributed by atoms with Crippen molar-refractivity contribution in [2.24, 2.45) is 0 Å². The van der Waals surface area contributed by atoms with Gasteiger partial charge in [-0.2, -0.15) is 13.2 Å². The summed E-state index contributed by atoms with van der Waals surface area (Å²) < 4.78 is 98.1. The largest absolute Gasteiger partial charge is 0.457 e. The lowest BCUT2D eigenvalue weighted by molar-refractivity contribution is -0.140. The van der Waals surface area contributed by atoms with Gasteiger partial charge in [0.15, 0.2) is 0 Å². The van der Waals surface area contributed by atoms with Gasteiger partial charge in [0, 0.05) is 16.7 Å². The molecule has 0 radical (unpaired) electrons. The van der Waals surface area contributed by atoms with Crippen molar-refractivity contribution in [3.63, 3.8) is 0 Å². The smallest absolute Gasteiger partial charge is 0.420 e. The van der Waals surface area contributed by atoms with E-state index in [0.29, 0.717) is 19.1 Å². The number of sulfone groups is 1. The molecule has 1 heterocycles. The standard InChI is InChI=1S/C16H10ClF5O4S/c1-15(19)14(23)12-11(27(15,24)25)3-2-10(13(12)16(20,21)22)26-9-5-7(17)4-8(18)6-9/h2-6,14,23H,1H3. The van der Waals surface area contributed by atoms with Crippen molar-refractivity contribution in [2.75, 3.05) is 0 Å². The maximum absolute atomic E-state index is 14.5. The summed E-state index contributed by atoms with van der Waals surface area (Å²) in [6.07, 6.45) is -7.79. The van der Waals surface area contributed by atoms with E-state index in [-0.39, 0.29) is 5.02 Å². The second-order valence-electron chi connectivity index (χ2n) is 5.95. The molecule has 2 atom stereocenters. The molecule has 3 rings (SSSR count). The van der Waals surface area contributed by atoms with E-state index in [2.05, 4.69) is 0 Å². The summed E-state index contributed by atoms with van der Waals surface area (Å²) in [6.45, 7) is 0.472. The van der Waals surface area contributed by atoms with E-state index in [9.17, 15) is 35.5 Å². The third-order valence-electron chi connectivity index (χ3n) is 4.09. The minimum absolute atomic E-state index is 0.154. The molecule has 0 fully saturated rings. The summed E-state index contributed by atoms with van der Waals surface area (Å²) in [5, 5.41) is 6.47. The van der Waals surface area contributed by atoms with Gasteiger partial charge in [-0.1, -0.05) is 11.6 Å². The second kappa shape index (κ2) is 6.05. The van der Waals surface area contributed by atoms with Crippen LogP contribution < -0.4 is 4.74 Å². The van der Waals surface area contributed by atoms with E-state index in [1.54, 1.807) is 0 Å². The maximum atomic E-state index is 14.5. The first kappa shape index (κ1) is 19.8. The molecule has 146 valence electrons. The Morgan fingerprint density at radius 1 is 1.22 bits per heavy atom. The number of fused-ring (bicyclic) bond motifs is 1. The van der Waals surface area contributed by atoms with Gasteiger partial charge in [-0.3, -0.25) is 0 Å². The maximum Gasteiger partial charge on any atom is 0.420 e. The molecule has 1 aliphatic heterocycles. The average molecular weight is 429 g/mol. The van der Waals surface area contributed by atoms with Crippen molar-refractivity contribution in [1.29, 1.82) is 0 Å². The molecule has 2 unspecified atom stereocenters. The van der Waals surface area contributed by atoms with Crippen LogP contribution in [-0.4, -0.2) is 18.5 Å². The fourth-order valence-electron chi connectivity index (χ4n) is 2.80. The van der Waals surface area contributed by atoms with Gasteiger partial charge < -0.3 is 9.84 Å². The molecule has 2 aromatic carbocycles. The molecule has 4 nitrogen and oxygen atoms in total. The molecule has 0 saturated carbocycles. The minimum Gasteiger partial charge on any atom is -0.457 e. The lowest BCUT2D eigenvalue weighted by atomic mass is 9.98. The first-order valence-corrected chi connectivity index (χ1v) is 9.12.